The van der Waals surface area contributed by atoms with Crippen molar-refractivity contribution in [2.75, 3.05) is 38.2 Å². The number of carboxylic acids is 1. The molecule has 3 aliphatic rings. The molecule has 6 nitrogen and oxygen atoms in total. The van der Waals surface area contributed by atoms with Gasteiger partial charge in [-0.05, 0) is 85.9 Å². The van der Waals surface area contributed by atoms with Crippen molar-refractivity contribution >= 4 is 29.2 Å². The molecule has 1 aliphatic carbocycles. The van der Waals surface area contributed by atoms with Crippen molar-refractivity contribution in [2.24, 2.45) is 0 Å². The van der Waals surface area contributed by atoms with Gasteiger partial charge in [-0.2, -0.15) is 0 Å². The molecule has 1 amide bonds. The Bertz CT molecular complexity index is 1230. The van der Waals surface area contributed by atoms with Crippen molar-refractivity contribution in [1.82, 2.24) is 4.90 Å². The lowest BCUT2D eigenvalue weighted by molar-refractivity contribution is -0.139. The van der Waals surface area contributed by atoms with Gasteiger partial charge < -0.3 is 19.6 Å². The highest BCUT2D eigenvalue weighted by atomic mass is 35.5. The number of benzene rings is 2. The molecule has 0 saturated carbocycles. The van der Waals surface area contributed by atoms with Gasteiger partial charge in [0.05, 0.1) is 18.2 Å². The summed E-state index contributed by atoms with van der Waals surface area (Å²) in [6, 6.07) is 12.1. The highest BCUT2D eigenvalue weighted by Crippen LogP contribution is 2.45. The van der Waals surface area contributed by atoms with Gasteiger partial charge in [0.1, 0.15) is 5.75 Å². The number of anilines is 1. The van der Waals surface area contributed by atoms with E-state index in [9.17, 15) is 14.7 Å². The molecular weight excluding hydrogens is 500 g/mol. The van der Waals surface area contributed by atoms with Crippen LogP contribution in [0.5, 0.6) is 5.75 Å². The van der Waals surface area contributed by atoms with Gasteiger partial charge in [0.2, 0.25) is 5.91 Å². The van der Waals surface area contributed by atoms with Crippen LogP contribution in [0, 0.1) is 0 Å². The van der Waals surface area contributed by atoms with Crippen molar-refractivity contribution in [3.8, 4) is 5.75 Å². The average Bonchev–Trinajstić information content (AvgIpc) is 3.04. The van der Waals surface area contributed by atoms with E-state index in [4.69, 9.17) is 16.3 Å². The van der Waals surface area contributed by atoms with Crippen LogP contribution >= 0.6 is 11.6 Å². The van der Waals surface area contributed by atoms with Crippen LogP contribution < -0.4 is 9.64 Å². The summed E-state index contributed by atoms with van der Waals surface area (Å²) in [7, 11) is 1.77. The summed E-state index contributed by atoms with van der Waals surface area (Å²) in [5.41, 5.74) is 4.15. The highest BCUT2D eigenvalue weighted by molar-refractivity contribution is 6.30. The second-order valence-corrected chi connectivity index (χ2v) is 11.5. The van der Waals surface area contributed by atoms with Gasteiger partial charge in [-0.1, -0.05) is 35.9 Å². The lowest BCUT2D eigenvalue weighted by Crippen LogP contribution is -2.46. The molecule has 2 aromatic carbocycles. The fraction of sp³-hybridized carbons (Fsp3) is 0.484. The number of rotatable bonds is 1. The first-order valence-electron chi connectivity index (χ1n) is 13.8. The third-order valence-electron chi connectivity index (χ3n) is 8.43. The summed E-state index contributed by atoms with van der Waals surface area (Å²) in [5.74, 6) is -0.895. The quantitative estimate of drug-likeness (QED) is 0.455. The first-order chi connectivity index (χ1) is 18.4. The predicted octanol–water partition coefficient (Wildman–Crippen LogP) is 5.96. The van der Waals surface area contributed by atoms with E-state index in [1.165, 1.54) is 11.1 Å². The number of allylic oxidation sites excluding steroid dienone is 1. The maximum Gasteiger partial charge on any atom is 0.310 e. The number of aliphatic carboxylic acids is 1. The van der Waals surface area contributed by atoms with E-state index in [0.29, 0.717) is 13.2 Å². The minimum Gasteiger partial charge on any atom is -0.490 e. The third-order valence-corrected chi connectivity index (χ3v) is 8.66. The van der Waals surface area contributed by atoms with E-state index in [2.05, 4.69) is 23.1 Å². The highest BCUT2D eigenvalue weighted by Gasteiger charge is 2.41. The topological polar surface area (TPSA) is 70.1 Å². The van der Waals surface area contributed by atoms with Gasteiger partial charge in [0, 0.05) is 43.5 Å². The predicted molar refractivity (Wildman–Crippen MR) is 150 cm³/mol. The number of fused-ring (bicyclic) bond motifs is 3. The molecule has 1 spiro atoms. The van der Waals surface area contributed by atoms with Gasteiger partial charge >= 0.3 is 5.97 Å². The number of ether oxygens (including phenoxy) is 1. The van der Waals surface area contributed by atoms with Crippen LogP contribution in [0.25, 0.3) is 0 Å². The van der Waals surface area contributed by atoms with Gasteiger partial charge in [-0.3, -0.25) is 9.59 Å². The average molecular weight is 537 g/mol. The summed E-state index contributed by atoms with van der Waals surface area (Å²) < 4.78 is 6.53. The Kier molecular flexibility index (Phi) is 7.98. The van der Waals surface area contributed by atoms with Crippen LogP contribution in [-0.2, 0) is 21.4 Å². The summed E-state index contributed by atoms with van der Waals surface area (Å²) in [6.07, 6.45) is 10.8. The van der Waals surface area contributed by atoms with Crippen molar-refractivity contribution in [3.05, 3.63) is 70.3 Å². The van der Waals surface area contributed by atoms with E-state index < -0.39 is 11.9 Å². The van der Waals surface area contributed by atoms with Crippen LogP contribution in [0.3, 0.4) is 0 Å². The van der Waals surface area contributed by atoms with E-state index in [1.807, 2.05) is 30.3 Å². The summed E-state index contributed by atoms with van der Waals surface area (Å²) in [5, 5.41) is 10.9. The first-order valence-corrected chi connectivity index (χ1v) is 14.2. The standard InChI is InChI=1S/C31H37ClN2O4/c1-33-16-5-3-2-4-6-17-34-20-31(15-7-8-23-18-24(32)10-12-26(23)31)21-38-28-13-9-22(19-27(28)34)25(30(36)37)11-14-29(33)35/h3,5,9-10,12-13,18-19,25H,2,4,6-8,11,14-17,20-21H2,1H3,(H,36,37)/t25-,31+/m1/s1. The number of nitrogens with zero attached hydrogens (tertiary/aromatic N) is 2. The molecule has 2 aliphatic heterocycles. The molecule has 0 saturated heterocycles. The molecule has 2 aromatic rings. The van der Waals surface area contributed by atoms with Crippen LogP contribution in [0.2, 0.25) is 5.02 Å². The molecule has 1 N–H and O–H groups in total. The minimum atomic E-state index is -0.905. The number of carbonyl (C=O) groups excluding carboxylic acids is 1. The smallest absolute Gasteiger partial charge is 0.310 e. The normalized spacial score (nSPS) is 24.5. The fourth-order valence-electron chi connectivity index (χ4n) is 6.29. The fourth-order valence-corrected chi connectivity index (χ4v) is 6.49. The lowest BCUT2D eigenvalue weighted by Gasteiger charge is -2.41. The number of aryl methyl sites for hydroxylation is 1. The van der Waals surface area contributed by atoms with Crippen LogP contribution in [0.4, 0.5) is 5.69 Å². The maximum atomic E-state index is 12.7. The summed E-state index contributed by atoms with van der Waals surface area (Å²) >= 11 is 6.36. The van der Waals surface area contributed by atoms with E-state index in [0.717, 1.165) is 73.6 Å². The number of amides is 1. The number of hydrogen-bond donors (Lipinski definition) is 1. The number of carbonyl (C=O) groups is 2. The van der Waals surface area contributed by atoms with Gasteiger partial charge in [0.15, 0.2) is 0 Å². The second-order valence-electron chi connectivity index (χ2n) is 11.0. The summed E-state index contributed by atoms with van der Waals surface area (Å²) in [6.45, 7) is 2.81. The molecule has 0 unspecified atom stereocenters. The molecular formula is C31H37ClN2O4. The zero-order valence-electron chi connectivity index (χ0n) is 22.1. The Morgan fingerprint density at radius 2 is 1.97 bits per heavy atom. The molecule has 2 atom stereocenters. The number of likely N-dealkylation sites (N-methyl/N-ethyl adjacent to an activating group) is 1. The number of carboxylic acid groups (broad SMARTS) is 1. The lowest BCUT2D eigenvalue weighted by atomic mass is 9.70. The van der Waals surface area contributed by atoms with E-state index in [-0.39, 0.29) is 24.2 Å². The van der Waals surface area contributed by atoms with Crippen LogP contribution in [0.1, 0.15) is 67.6 Å². The Labute approximate surface area is 230 Å². The van der Waals surface area contributed by atoms with Gasteiger partial charge in [-0.15, -0.1) is 0 Å². The SMILES string of the molecule is CN1CC=CCCCCN2C[C@@]3(CCCc4cc(Cl)ccc43)COc3ccc(cc32)[C@H](C(=O)O)CCC1=O. The Balaban J connectivity index is 1.52. The molecule has 2 heterocycles. The zero-order chi connectivity index (χ0) is 26.7. The number of hydrogen-bond acceptors (Lipinski definition) is 4. The molecule has 7 heteroatoms. The maximum absolute atomic E-state index is 12.7. The van der Waals surface area contributed by atoms with Crippen LogP contribution in [0.15, 0.2) is 48.6 Å². The Hall–Kier alpha value is -2.99. The molecule has 202 valence electrons. The van der Waals surface area contributed by atoms with Crippen LogP contribution in [-0.4, -0.2) is 55.2 Å². The van der Waals surface area contributed by atoms with Gasteiger partial charge in [-0.25, -0.2) is 0 Å². The third kappa shape index (κ3) is 5.56. The second kappa shape index (κ2) is 11.4. The molecule has 2 bridgehead atoms. The molecule has 0 fully saturated rings. The monoisotopic (exact) mass is 536 g/mol. The number of halogens is 1. The molecule has 5 rings (SSSR count). The van der Waals surface area contributed by atoms with Gasteiger partial charge in [0.25, 0.3) is 0 Å². The zero-order valence-corrected chi connectivity index (χ0v) is 22.9. The minimum absolute atomic E-state index is 0.0364. The van der Waals surface area contributed by atoms with Crippen molar-refractivity contribution < 1.29 is 19.4 Å². The molecule has 38 heavy (non-hydrogen) atoms. The van der Waals surface area contributed by atoms with E-state index in [1.54, 1.807) is 11.9 Å². The first kappa shape index (κ1) is 26.6. The summed E-state index contributed by atoms with van der Waals surface area (Å²) in [4.78, 5) is 29.1. The van der Waals surface area contributed by atoms with Crippen molar-refractivity contribution in [3.63, 3.8) is 0 Å². The van der Waals surface area contributed by atoms with Crippen molar-refractivity contribution in [2.45, 2.75) is 62.7 Å². The molecule has 0 radical (unpaired) electrons. The Morgan fingerprint density at radius 3 is 2.82 bits per heavy atom. The van der Waals surface area contributed by atoms with Crippen molar-refractivity contribution in [1.29, 1.82) is 0 Å². The Morgan fingerprint density at radius 1 is 1.11 bits per heavy atom. The largest absolute Gasteiger partial charge is 0.490 e. The molecule has 0 aromatic heterocycles. The van der Waals surface area contributed by atoms with E-state index >= 15 is 0 Å².